The van der Waals surface area contributed by atoms with Crippen LogP contribution < -0.4 is 0 Å². The molecule has 0 radical (unpaired) electrons. The fourth-order valence-electron chi connectivity index (χ4n) is 7.20. The molecule has 0 saturated heterocycles. The number of carbonyl (C=O) groups excluding carboxylic acids is 3. The molecule has 0 rings (SSSR count). The van der Waals surface area contributed by atoms with Gasteiger partial charge in [-0.15, -0.1) is 0 Å². The van der Waals surface area contributed by atoms with E-state index in [4.69, 9.17) is 14.2 Å². The van der Waals surface area contributed by atoms with Crippen LogP contribution >= 0.6 is 0 Å². The van der Waals surface area contributed by atoms with Crippen LogP contribution in [0, 0.1) is 0 Å². The van der Waals surface area contributed by atoms with Crippen molar-refractivity contribution < 1.29 is 28.6 Å². The molecule has 1 atom stereocenters. The van der Waals surface area contributed by atoms with Gasteiger partial charge in [-0.2, -0.15) is 0 Å². The van der Waals surface area contributed by atoms with Gasteiger partial charge in [0.1, 0.15) is 13.2 Å². The van der Waals surface area contributed by atoms with Gasteiger partial charge in [0.05, 0.1) is 0 Å². The Kier molecular flexibility index (Phi) is 50.9. The number of rotatable bonds is 48. The summed E-state index contributed by atoms with van der Waals surface area (Å²) in [5, 5.41) is 0. The molecule has 6 nitrogen and oxygen atoms in total. The number of hydrogen-bond donors (Lipinski definition) is 0. The second-order valence-electron chi connectivity index (χ2n) is 17.7. The molecule has 0 amide bonds. The Labute approximate surface area is 407 Å². The maximum Gasteiger partial charge on any atom is 0.306 e. The average molecular weight is 917 g/mol. The van der Waals surface area contributed by atoms with Crippen LogP contribution in [0.15, 0.2) is 97.2 Å². The van der Waals surface area contributed by atoms with E-state index in [9.17, 15) is 14.4 Å². The molecule has 0 bridgehead atoms. The predicted octanol–water partition coefficient (Wildman–Crippen LogP) is 18.1. The van der Waals surface area contributed by atoms with Crippen molar-refractivity contribution in [1.82, 2.24) is 0 Å². The summed E-state index contributed by atoms with van der Waals surface area (Å²) in [6.07, 6.45) is 71.0. The van der Waals surface area contributed by atoms with Crippen molar-refractivity contribution >= 4 is 17.9 Å². The highest BCUT2D eigenvalue weighted by Gasteiger charge is 2.19. The highest BCUT2D eigenvalue weighted by molar-refractivity contribution is 5.71. The zero-order valence-electron chi connectivity index (χ0n) is 42.9. The van der Waals surface area contributed by atoms with E-state index < -0.39 is 6.10 Å². The molecular formula is C60H100O6. The van der Waals surface area contributed by atoms with E-state index in [1.165, 1.54) is 70.6 Å². The van der Waals surface area contributed by atoms with Crippen LogP contribution in [0.1, 0.15) is 245 Å². The number of hydrogen-bond acceptors (Lipinski definition) is 6. The van der Waals surface area contributed by atoms with E-state index >= 15 is 0 Å². The third-order valence-electron chi connectivity index (χ3n) is 11.3. The molecule has 0 aliphatic heterocycles. The third kappa shape index (κ3) is 51.3. The molecule has 0 aromatic carbocycles. The minimum absolute atomic E-state index is 0.101. The Hall–Kier alpha value is -3.67. The van der Waals surface area contributed by atoms with E-state index in [0.717, 1.165) is 135 Å². The molecule has 6 heteroatoms. The molecule has 0 aliphatic rings. The molecule has 0 aliphatic carbocycles. The van der Waals surface area contributed by atoms with Crippen LogP contribution in [0.5, 0.6) is 0 Å². The lowest BCUT2D eigenvalue weighted by Crippen LogP contribution is -2.30. The molecule has 0 N–H and O–H groups in total. The third-order valence-corrected chi connectivity index (χ3v) is 11.3. The summed E-state index contributed by atoms with van der Waals surface area (Å²) in [5.41, 5.74) is 0. The van der Waals surface area contributed by atoms with Crippen molar-refractivity contribution in [3.63, 3.8) is 0 Å². The lowest BCUT2D eigenvalue weighted by molar-refractivity contribution is -0.167. The molecule has 0 fully saturated rings. The molecule has 0 aromatic rings. The highest BCUT2D eigenvalue weighted by atomic mass is 16.6. The van der Waals surface area contributed by atoms with Crippen LogP contribution in [0.3, 0.4) is 0 Å². The molecular weight excluding hydrogens is 817 g/mol. The van der Waals surface area contributed by atoms with Gasteiger partial charge in [0, 0.05) is 19.3 Å². The van der Waals surface area contributed by atoms with Gasteiger partial charge < -0.3 is 14.2 Å². The molecule has 376 valence electrons. The Bertz CT molecular complexity index is 1330. The summed E-state index contributed by atoms with van der Waals surface area (Å²) in [6, 6.07) is 0. The van der Waals surface area contributed by atoms with Crippen LogP contribution in [-0.2, 0) is 28.6 Å². The number of allylic oxidation sites excluding steroid dienone is 16. The van der Waals surface area contributed by atoms with Gasteiger partial charge in [-0.05, 0) is 122 Å². The molecule has 66 heavy (non-hydrogen) atoms. The second-order valence-corrected chi connectivity index (χ2v) is 17.7. The monoisotopic (exact) mass is 917 g/mol. The number of esters is 3. The minimum Gasteiger partial charge on any atom is -0.462 e. The predicted molar refractivity (Wildman–Crippen MR) is 284 cm³/mol. The summed E-state index contributed by atoms with van der Waals surface area (Å²) in [6.45, 7) is 6.43. The second kappa shape index (κ2) is 53.9. The smallest absolute Gasteiger partial charge is 0.306 e. The maximum absolute atomic E-state index is 12.8. The first-order valence-corrected chi connectivity index (χ1v) is 27.2. The summed E-state index contributed by atoms with van der Waals surface area (Å²) in [7, 11) is 0. The zero-order valence-corrected chi connectivity index (χ0v) is 42.9. The van der Waals surface area contributed by atoms with Gasteiger partial charge in [-0.25, -0.2) is 0 Å². The van der Waals surface area contributed by atoms with Crippen LogP contribution in [0.4, 0.5) is 0 Å². The summed E-state index contributed by atoms with van der Waals surface area (Å²) in [4.78, 5) is 38.1. The van der Waals surface area contributed by atoms with Gasteiger partial charge >= 0.3 is 17.9 Å². The minimum atomic E-state index is -0.803. The van der Waals surface area contributed by atoms with E-state index in [2.05, 4.69) is 118 Å². The first kappa shape index (κ1) is 62.3. The van der Waals surface area contributed by atoms with Crippen LogP contribution in [-0.4, -0.2) is 37.2 Å². The zero-order chi connectivity index (χ0) is 47.9. The Morgan fingerprint density at radius 2 is 0.591 bits per heavy atom. The van der Waals surface area contributed by atoms with Crippen LogP contribution in [0.2, 0.25) is 0 Å². The lowest BCUT2D eigenvalue weighted by Gasteiger charge is -2.18. The Morgan fingerprint density at radius 3 is 0.970 bits per heavy atom. The van der Waals surface area contributed by atoms with E-state index in [0.29, 0.717) is 19.3 Å². The van der Waals surface area contributed by atoms with Crippen molar-refractivity contribution in [1.29, 1.82) is 0 Å². The van der Waals surface area contributed by atoms with Gasteiger partial charge in [-0.3, -0.25) is 14.4 Å². The van der Waals surface area contributed by atoms with E-state index in [-0.39, 0.29) is 31.1 Å². The van der Waals surface area contributed by atoms with Crippen molar-refractivity contribution in [2.24, 2.45) is 0 Å². The van der Waals surface area contributed by atoms with Gasteiger partial charge in [-0.1, -0.05) is 201 Å². The Morgan fingerprint density at radius 1 is 0.318 bits per heavy atom. The maximum atomic E-state index is 12.8. The van der Waals surface area contributed by atoms with Crippen molar-refractivity contribution in [3.05, 3.63) is 97.2 Å². The SMILES string of the molecule is CC/C=C\C/C=C\C/C=C\CCCCCC(=O)OCC(COC(=O)CCCCCCCC/C=C\C/C=C\C/C=C\CCCCC)OC(=O)CCCCCCC/C=C\C/C=C\CCCCCC. The normalized spacial score (nSPS) is 12.8. The lowest BCUT2D eigenvalue weighted by atomic mass is 10.1. The summed E-state index contributed by atoms with van der Waals surface area (Å²) in [5.74, 6) is -0.957. The van der Waals surface area contributed by atoms with Crippen molar-refractivity contribution in [2.75, 3.05) is 13.2 Å². The number of carbonyl (C=O) groups is 3. The standard InChI is InChI=1S/C60H100O6/c1-4-7-10-13-16-19-22-25-27-29-30-31-33-35-38-41-44-47-50-53-59(62)65-56-57(55-64-58(61)52-49-46-43-40-37-34-24-21-18-15-12-9-6-3)66-60(63)54-51-48-45-42-39-36-32-28-26-23-20-17-14-11-8-5-2/h9,12,16,18-21,23,25,27-28,30-32,34,37,57H,4-8,10-11,13-15,17,22,24,26,29,33,35-36,38-56H2,1-3H3/b12-9-,19-16-,21-18-,23-20-,27-25-,31-30-,32-28-,37-34-. The quantitative estimate of drug-likeness (QED) is 0.0262. The first-order chi connectivity index (χ1) is 32.5. The van der Waals surface area contributed by atoms with Gasteiger partial charge in [0.15, 0.2) is 6.10 Å². The van der Waals surface area contributed by atoms with Gasteiger partial charge in [0.25, 0.3) is 0 Å². The summed E-state index contributed by atoms with van der Waals surface area (Å²) < 4.78 is 16.8. The van der Waals surface area contributed by atoms with Crippen molar-refractivity contribution in [3.8, 4) is 0 Å². The topological polar surface area (TPSA) is 78.9 Å². The molecule has 0 saturated carbocycles. The summed E-state index contributed by atoms with van der Waals surface area (Å²) >= 11 is 0. The fraction of sp³-hybridized carbons (Fsp3) is 0.683. The molecule has 0 aromatic heterocycles. The molecule has 0 heterocycles. The van der Waals surface area contributed by atoms with E-state index in [1.807, 2.05) is 0 Å². The highest BCUT2D eigenvalue weighted by Crippen LogP contribution is 2.13. The molecule has 1 unspecified atom stereocenters. The first-order valence-electron chi connectivity index (χ1n) is 27.2. The number of ether oxygens (including phenoxy) is 3. The van der Waals surface area contributed by atoms with Crippen LogP contribution in [0.25, 0.3) is 0 Å². The van der Waals surface area contributed by atoms with E-state index in [1.54, 1.807) is 0 Å². The van der Waals surface area contributed by atoms with Gasteiger partial charge in [0.2, 0.25) is 0 Å². The fourth-order valence-corrected chi connectivity index (χ4v) is 7.20. The molecule has 0 spiro atoms. The average Bonchev–Trinajstić information content (AvgIpc) is 3.31. The number of unbranched alkanes of at least 4 members (excludes halogenated alkanes) is 21. The largest absolute Gasteiger partial charge is 0.462 e. The van der Waals surface area contributed by atoms with Crippen molar-refractivity contribution in [2.45, 2.75) is 252 Å². The Balaban J connectivity index is 4.46.